The van der Waals surface area contributed by atoms with E-state index in [2.05, 4.69) is 0 Å². The van der Waals surface area contributed by atoms with E-state index >= 15 is 0 Å². The Bertz CT molecular complexity index is 178. The fourth-order valence-corrected chi connectivity index (χ4v) is 0.659. The summed E-state index contributed by atoms with van der Waals surface area (Å²) in [4.78, 5) is 20.2. The third-order valence-corrected chi connectivity index (χ3v) is 1.27. The summed E-state index contributed by atoms with van der Waals surface area (Å²) in [5, 5.41) is 1.79. The number of hydrogen-bond acceptors (Lipinski definition) is 2. The van der Waals surface area contributed by atoms with Gasteiger partial charge in [-0.25, -0.2) is 0 Å². The molecule has 1 atom stereocenters. The Morgan fingerprint density at radius 2 is 2.08 bits per heavy atom. The van der Waals surface area contributed by atoms with Gasteiger partial charge in [-0.2, -0.15) is 13.2 Å². The van der Waals surface area contributed by atoms with Crippen molar-refractivity contribution >= 4 is 12.2 Å². The molecule has 1 N–H and O–H groups in total. The molecule has 12 heavy (non-hydrogen) atoms. The van der Waals surface area contributed by atoms with Crippen molar-refractivity contribution in [2.75, 3.05) is 0 Å². The number of rotatable bonds is 4. The zero-order chi connectivity index (χ0) is 9.78. The first-order valence-electron chi connectivity index (χ1n) is 3.24. The van der Waals surface area contributed by atoms with Gasteiger partial charge >= 0.3 is 6.18 Å². The summed E-state index contributed by atoms with van der Waals surface area (Å²) in [7, 11) is 0. The highest BCUT2D eigenvalue weighted by molar-refractivity contribution is 5.90. The largest absolute Gasteiger partial charge is 0.452 e. The third kappa shape index (κ3) is 2.89. The molecule has 0 aromatic heterocycles. The van der Waals surface area contributed by atoms with E-state index in [-0.39, 0.29) is 12.8 Å². The molecule has 0 aliphatic heterocycles. The number of Topliss-reactive ketones (excluding diaryl/α,β-unsaturated/α-hetero) is 1. The average Bonchev–Trinajstić information content (AvgIpc) is 1.97. The van der Waals surface area contributed by atoms with Crippen molar-refractivity contribution < 1.29 is 22.8 Å². The zero-order valence-electron chi connectivity index (χ0n) is 6.31. The molecule has 0 bridgehead atoms. The fraction of sp³-hybridized carbons (Fsp3) is 0.667. The van der Waals surface area contributed by atoms with Crippen molar-refractivity contribution in [3.05, 3.63) is 0 Å². The second-order valence-corrected chi connectivity index (χ2v) is 2.11. The van der Waals surface area contributed by atoms with Gasteiger partial charge in [0.1, 0.15) is 0 Å². The van der Waals surface area contributed by atoms with Crippen LogP contribution in [-0.4, -0.2) is 24.4 Å². The van der Waals surface area contributed by atoms with Crippen molar-refractivity contribution in [2.24, 2.45) is 0 Å². The molecule has 0 spiro atoms. The fourth-order valence-electron chi connectivity index (χ4n) is 0.659. The van der Waals surface area contributed by atoms with Crippen LogP contribution < -0.4 is 5.32 Å². The van der Waals surface area contributed by atoms with Crippen LogP contribution in [0.15, 0.2) is 0 Å². The maximum Gasteiger partial charge on any atom is 0.452 e. The monoisotopic (exact) mass is 183 g/mol. The molecule has 0 aromatic rings. The molecule has 0 rings (SSSR count). The van der Waals surface area contributed by atoms with Crippen molar-refractivity contribution in [3.63, 3.8) is 0 Å². The topological polar surface area (TPSA) is 46.2 Å². The van der Waals surface area contributed by atoms with E-state index in [1.165, 1.54) is 6.92 Å². The highest BCUT2D eigenvalue weighted by Crippen LogP contribution is 2.18. The van der Waals surface area contributed by atoms with Crippen LogP contribution in [0.5, 0.6) is 0 Å². The van der Waals surface area contributed by atoms with Gasteiger partial charge in [0.15, 0.2) is 0 Å². The van der Waals surface area contributed by atoms with Gasteiger partial charge in [-0.1, -0.05) is 6.92 Å². The summed E-state index contributed by atoms with van der Waals surface area (Å²) >= 11 is 0. The van der Waals surface area contributed by atoms with E-state index < -0.39 is 18.0 Å². The van der Waals surface area contributed by atoms with Gasteiger partial charge in [0.2, 0.25) is 6.41 Å². The first-order valence-corrected chi connectivity index (χ1v) is 3.24. The van der Waals surface area contributed by atoms with Crippen LogP contribution >= 0.6 is 0 Å². The summed E-state index contributed by atoms with van der Waals surface area (Å²) in [6.45, 7) is 1.38. The molecule has 1 amide bonds. The Morgan fingerprint density at radius 1 is 1.58 bits per heavy atom. The Hall–Kier alpha value is -1.07. The summed E-state index contributed by atoms with van der Waals surface area (Å²) in [6, 6.07) is -1.46. The molecule has 0 saturated heterocycles. The minimum absolute atomic E-state index is 0.0723. The van der Waals surface area contributed by atoms with Crippen LogP contribution in [0.4, 0.5) is 13.2 Å². The lowest BCUT2D eigenvalue weighted by Crippen LogP contribution is -2.43. The van der Waals surface area contributed by atoms with E-state index in [1.807, 2.05) is 0 Å². The van der Waals surface area contributed by atoms with Crippen molar-refractivity contribution in [2.45, 2.75) is 25.6 Å². The van der Waals surface area contributed by atoms with Crippen LogP contribution in [-0.2, 0) is 9.59 Å². The minimum Gasteiger partial charge on any atom is -0.349 e. The predicted molar refractivity (Wildman–Crippen MR) is 34.3 cm³/mol. The summed E-state index contributed by atoms with van der Waals surface area (Å²) in [5.41, 5.74) is 0. The Morgan fingerprint density at radius 3 is 2.33 bits per heavy atom. The van der Waals surface area contributed by atoms with E-state index in [1.54, 1.807) is 5.32 Å². The Labute approximate surface area is 66.9 Å². The molecular formula is C6H8F3NO2. The standard InChI is InChI=1S/C6H8F3NO2/c1-2-4(10-3-11)5(12)6(7,8)9/h3-4H,2H2,1H3,(H,10,11)/t4-/m0/s1. The number of alkyl halides is 3. The molecule has 0 aliphatic rings. The average molecular weight is 183 g/mol. The second-order valence-electron chi connectivity index (χ2n) is 2.11. The first kappa shape index (κ1) is 10.9. The number of halogens is 3. The molecule has 0 unspecified atom stereocenters. The molecule has 0 aliphatic carbocycles. The minimum atomic E-state index is -4.88. The normalized spacial score (nSPS) is 13.7. The van der Waals surface area contributed by atoms with Crippen LogP contribution in [0.3, 0.4) is 0 Å². The highest BCUT2D eigenvalue weighted by Gasteiger charge is 2.42. The number of carbonyl (C=O) groups is 2. The predicted octanol–water partition coefficient (Wildman–Crippen LogP) is 0.642. The first-order chi connectivity index (χ1) is 5.43. The van der Waals surface area contributed by atoms with Crippen LogP contribution in [0.1, 0.15) is 13.3 Å². The maximum absolute atomic E-state index is 11.7. The van der Waals surface area contributed by atoms with Crippen LogP contribution in [0, 0.1) is 0 Å². The highest BCUT2D eigenvalue weighted by atomic mass is 19.4. The van der Waals surface area contributed by atoms with E-state index in [9.17, 15) is 22.8 Å². The molecule has 6 heteroatoms. The van der Waals surface area contributed by atoms with Gasteiger partial charge in [-0.3, -0.25) is 9.59 Å². The van der Waals surface area contributed by atoms with Gasteiger partial charge in [-0.15, -0.1) is 0 Å². The van der Waals surface area contributed by atoms with Crippen LogP contribution in [0.2, 0.25) is 0 Å². The lowest BCUT2D eigenvalue weighted by Gasteiger charge is -2.13. The molecule has 0 fully saturated rings. The summed E-state index contributed by atoms with van der Waals surface area (Å²) in [5.74, 6) is -1.92. The lowest BCUT2D eigenvalue weighted by atomic mass is 10.1. The number of carbonyl (C=O) groups excluding carboxylic acids is 2. The van der Waals surface area contributed by atoms with Gasteiger partial charge in [0.25, 0.3) is 5.78 Å². The smallest absolute Gasteiger partial charge is 0.349 e. The molecule has 0 aromatic carbocycles. The van der Waals surface area contributed by atoms with E-state index in [4.69, 9.17) is 0 Å². The lowest BCUT2D eigenvalue weighted by molar-refractivity contribution is -0.173. The third-order valence-electron chi connectivity index (χ3n) is 1.27. The SMILES string of the molecule is CC[C@H](NC=O)C(=O)C(F)(F)F. The molecule has 0 radical (unpaired) electrons. The Balaban J connectivity index is 4.31. The molecule has 3 nitrogen and oxygen atoms in total. The second kappa shape index (κ2) is 4.08. The number of ketones is 1. The summed E-state index contributed by atoms with van der Waals surface area (Å²) in [6.07, 6.45) is -4.87. The molecule has 70 valence electrons. The van der Waals surface area contributed by atoms with Gasteiger partial charge in [0, 0.05) is 0 Å². The van der Waals surface area contributed by atoms with Gasteiger partial charge in [-0.05, 0) is 6.42 Å². The van der Waals surface area contributed by atoms with Crippen molar-refractivity contribution in [1.82, 2.24) is 5.32 Å². The number of amides is 1. The van der Waals surface area contributed by atoms with E-state index in [0.29, 0.717) is 0 Å². The Kier molecular flexibility index (Phi) is 3.72. The van der Waals surface area contributed by atoms with Crippen LogP contribution in [0.25, 0.3) is 0 Å². The number of hydrogen-bond donors (Lipinski definition) is 1. The van der Waals surface area contributed by atoms with E-state index in [0.717, 1.165) is 0 Å². The molecular weight excluding hydrogens is 175 g/mol. The summed E-state index contributed by atoms with van der Waals surface area (Å²) < 4.78 is 35.1. The maximum atomic E-state index is 11.7. The van der Waals surface area contributed by atoms with Crippen molar-refractivity contribution in [1.29, 1.82) is 0 Å². The zero-order valence-corrected chi connectivity index (χ0v) is 6.31. The quantitative estimate of drug-likeness (QED) is 0.650. The molecule has 0 saturated carbocycles. The number of nitrogens with one attached hydrogen (secondary N) is 1. The van der Waals surface area contributed by atoms with Crippen molar-refractivity contribution in [3.8, 4) is 0 Å². The molecule has 0 heterocycles. The van der Waals surface area contributed by atoms with Gasteiger partial charge < -0.3 is 5.32 Å². The van der Waals surface area contributed by atoms with Gasteiger partial charge in [0.05, 0.1) is 6.04 Å².